The molecule has 2 aromatic rings. The van der Waals surface area contributed by atoms with Gasteiger partial charge in [0.25, 0.3) is 0 Å². The van der Waals surface area contributed by atoms with Crippen LogP contribution in [0.2, 0.25) is 0 Å². The summed E-state index contributed by atoms with van der Waals surface area (Å²) in [6.07, 6.45) is 0.971. The highest BCUT2D eigenvalue weighted by molar-refractivity contribution is 8.00. The number of nitrogens with one attached hydrogen (secondary N) is 1. The van der Waals surface area contributed by atoms with E-state index in [1.807, 2.05) is 19.1 Å². The van der Waals surface area contributed by atoms with Crippen LogP contribution in [0.15, 0.2) is 29.4 Å². The maximum atomic E-state index is 12.2. The maximum absolute atomic E-state index is 12.2. The first kappa shape index (κ1) is 19.5. The van der Waals surface area contributed by atoms with Crippen molar-refractivity contribution in [3.63, 3.8) is 0 Å². The van der Waals surface area contributed by atoms with Gasteiger partial charge >= 0.3 is 0 Å². The number of nitrogens with zero attached hydrogens (tertiary/aromatic N) is 3. The number of aryl methyl sites for hydroxylation is 1. The number of carbonyl (C=O) groups excluding carboxylic acids is 1. The largest absolute Gasteiger partial charge is 0.383 e. The molecule has 0 fully saturated rings. The molecule has 0 aliphatic carbocycles. The molecule has 1 heterocycles. The molecule has 25 heavy (non-hydrogen) atoms. The van der Waals surface area contributed by atoms with E-state index in [9.17, 15) is 4.79 Å². The fourth-order valence-electron chi connectivity index (χ4n) is 2.43. The van der Waals surface area contributed by atoms with Crippen LogP contribution < -0.4 is 5.32 Å². The number of rotatable bonds is 9. The van der Waals surface area contributed by atoms with Crippen LogP contribution in [-0.4, -0.2) is 46.2 Å². The zero-order chi connectivity index (χ0) is 18.2. The molecule has 0 saturated heterocycles. The highest BCUT2D eigenvalue weighted by Gasteiger charge is 2.20. The zero-order valence-corrected chi connectivity index (χ0v) is 16.1. The van der Waals surface area contributed by atoms with Gasteiger partial charge in [-0.05, 0) is 26.3 Å². The Bertz CT molecular complexity index is 702. The first-order valence-corrected chi connectivity index (χ1v) is 9.38. The van der Waals surface area contributed by atoms with Gasteiger partial charge in [0.15, 0.2) is 11.0 Å². The van der Waals surface area contributed by atoms with Crippen LogP contribution in [0.1, 0.15) is 25.8 Å². The van der Waals surface area contributed by atoms with Gasteiger partial charge in [-0.25, -0.2) is 0 Å². The van der Waals surface area contributed by atoms with Gasteiger partial charge in [0, 0.05) is 25.8 Å². The van der Waals surface area contributed by atoms with E-state index >= 15 is 0 Å². The third-order valence-electron chi connectivity index (χ3n) is 3.70. The summed E-state index contributed by atoms with van der Waals surface area (Å²) in [6, 6.07) is 8.23. The van der Waals surface area contributed by atoms with E-state index in [4.69, 9.17) is 4.74 Å². The number of benzene rings is 1. The van der Waals surface area contributed by atoms with Crippen LogP contribution in [0, 0.1) is 6.92 Å². The number of aromatic nitrogens is 3. The summed E-state index contributed by atoms with van der Waals surface area (Å²) >= 11 is 1.43. The predicted octanol–water partition coefficient (Wildman–Crippen LogP) is 2.91. The van der Waals surface area contributed by atoms with Crippen molar-refractivity contribution in [2.75, 3.05) is 20.3 Å². The normalized spacial score (nSPS) is 12.2. The summed E-state index contributed by atoms with van der Waals surface area (Å²) in [5.74, 6) is 0.824. The number of hydrogen-bond donors (Lipinski definition) is 1. The molecule has 7 heteroatoms. The molecule has 0 aliphatic heterocycles. The van der Waals surface area contributed by atoms with Crippen LogP contribution in [0.4, 0.5) is 0 Å². The van der Waals surface area contributed by atoms with Crippen LogP contribution in [0.5, 0.6) is 0 Å². The quantitative estimate of drug-likeness (QED) is 0.549. The van der Waals surface area contributed by atoms with Gasteiger partial charge in [0.2, 0.25) is 5.91 Å². The van der Waals surface area contributed by atoms with Gasteiger partial charge in [0.05, 0.1) is 11.9 Å². The lowest BCUT2D eigenvalue weighted by molar-refractivity contribution is -0.120. The lowest BCUT2D eigenvalue weighted by atomic mass is 10.1. The zero-order valence-electron chi connectivity index (χ0n) is 15.3. The molecule has 6 nitrogen and oxygen atoms in total. The molecule has 1 aromatic heterocycles. The van der Waals surface area contributed by atoms with E-state index < -0.39 is 0 Å². The highest BCUT2D eigenvalue weighted by Crippen LogP contribution is 2.27. The molecule has 0 unspecified atom stereocenters. The van der Waals surface area contributed by atoms with E-state index in [2.05, 4.69) is 46.1 Å². The molecule has 1 aromatic carbocycles. The summed E-state index contributed by atoms with van der Waals surface area (Å²) < 4.78 is 7.05. The van der Waals surface area contributed by atoms with Crippen LogP contribution in [-0.2, 0) is 16.1 Å². The molecule has 1 N–H and O–H groups in total. The second kappa shape index (κ2) is 9.58. The molecule has 1 amide bonds. The molecule has 2 rings (SSSR count). The van der Waals surface area contributed by atoms with Crippen molar-refractivity contribution in [2.24, 2.45) is 0 Å². The second-order valence-electron chi connectivity index (χ2n) is 5.87. The Morgan fingerprint density at radius 2 is 2.20 bits per heavy atom. The van der Waals surface area contributed by atoms with E-state index in [1.54, 1.807) is 7.11 Å². The van der Waals surface area contributed by atoms with E-state index in [0.717, 1.165) is 29.5 Å². The second-order valence-corrected chi connectivity index (χ2v) is 7.18. The molecule has 0 saturated carbocycles. The fourth-order valence-corrected chi connectivity index (χ4v) is 3.33. The summed E-state index contributed by atoms with van der Waals surface area (Å²) in [4.78, 5) is 12.2. The van der Waals surface area contributed by atoms with Crippen molar-refractivity contribution < 1.29 is 9.53 Å². The fraction of sp³-hybridized carbons (Fsp3) is 0.500. The summed E-state index contributed by atoms with van der Waals surface area (Å²) in [5, 5.41) is 12.1. The Labute approximate surface area is 153 Å². The summed E-state index contributed by atoms with van der Waals surface area (Å²) in [6.45, 7) is 7.89. The lowest BCUT2D eigenvalue weighted by Crippen LogP contribution is -2.33. The minimum absolute atomic E-state index is 0.0230. The van der Waals surface area contributed by atoms with Crippen LogP contribution in [0.25, 0.3) is 11.4 Å². The van der Waals surface area contributed by atoms with Gasteiger partial charge in [0.1, 0.15) is 0 Å². The molecule has 0 bridgehead atoms. The Morgan fingerprint density at radius 1 is 1.40 bits per heavy atom. The van der Waals surface area contributed by atoms with Crippen LogP contribution in [0.3, 0.4) is 0 Å². The Balaban J connectivity index is 2.17. The molecule has 0 spiro atoms. The minimum Gasteiger partial charge on any atom is -0.383 e. The van der Waals surface area contributed by atoms with Gasteiger partial charge in [-0.2, -0.15) is 0 Å². The summed E-state index contributed by atoms with van der Waals surface area (Å²) in [7, 11) is 1.62. The smallest absolute Gasteiger partial charge is 0.233 e. The topological polar surface area (TPSA) is 69.0 Å². The summed E-state index contributed by atoms with van der Waals surface area (Å²) in [5.41, 5.74) is 2.23. The van der Waals surface area contributed by atoms with Crippen LogP contribution >= 0.6 is 11.8 Å². The van der Waals surface area contributed by atoms with Crippen molar-refractivity contribution in [1.29, 1.82) is 0 Å². The number of thioether (sulfide) groups is 1. The van der Waals surface area contributed by atoms with Gasteiger partial charge in [-0.1, -0.05) is 42.4 Å². The van der Waals surface area contributed by atoms with Crippen molar-refractivity contribution in [3.8, 4) is 11.4 Å². The third kappa shape index (κ3) is 5.31. The monoisotopic (exact) mass is 362 g/mol. The predicted molar refractivity (Wildman–Crippen MR) is 101 cm³/mol. The average molecular weight is 362 g/mol. The number of methoxy groups -OCH3 is 1. The van der Waals surface area contributed by atoms with E-state index in [1.165, 1.54) is 17.3 Å². The van der Waals surface area contributed by atoms with Crippen molar-refractivity contribution in [2.45, 2.75) is 44.1 Å². The van der Waals surface area contributed by atoms with E-state index in [-0.39, 0.29) is 11.2 Å². The maximum Gasteiger partial charge on any atom is 0.233 e. The van der Waals surface area contributed by atoms with Gasteiger partial charge in [-0.3, -0.25) is 4.79 Å². The average Bonchev–Trinajstić information content (AvgIpc) is 2.98. The first-order chi connectivity index (χ1) is 12.1. The number of carbonyl (C=O) groups is 1. The molecule has 136 valence electrons. The molecule has 0 aliphatic rings. The Hall–Kier alpha value is -1.86. The van der Waals surface area contributed by atoms with E-state index in [0.29, 0.717) is 13.2 Å². The first-order valence-electron chi connectivity index (χ1n) is 8.50. The molecule has 1 atom stereocenters. The SMILES string of the molecule is CCCn1c(S[C@H](C)C(=O)NCCOC)nnc1-c1cccc(C)c1. The Kier molecular flexibility index (Phi) is 7.46. The van der Waals surface area contributed by atoms with Gasteiger partial charge < -0.3 is 14.6 Å². The lowest BCUT2D eigenvalue weighted by Gasteiger charge is -2.13. The molecular formula is C18H26N4O2S. The van der Waals surface area contributed by atoms with Gasteiger partial charge in [-0.15, -0.1) is 10.2 Å². The number of ether oxygens (including phenoxy) is 1. The van der Waals surface area contributed by atoms with Crippen molar-refractivity contribution in [1.82, 2.24) is 20.1 Å². The highest BCUT2D eigenvalue weighted by atomic mass is 32.2. The number of amides is 1. The Morgan fingerprint density at radius 3 is 2.88 bits per heavy atom. The molecule has 0 radical (unpaired) electrons. The van der Waals surface area contributed by atoms with Crippen molar-refractivity contribution in [3.05, 3.63) is 29.8 Å². The number of hydrogen-bond acceptors (Lipinski definition) is 5. The third-order valence-corrected chi connectivity index (χ3v) is 4.78. The minimum atomic E-state index is -0.248. The molecular weight excluding hydrogens is 336 g/mol. The standard InChI is InChI=1S/C18H26N4O2S/c1-5-10-22-16(15-8-6-7-13(2)12-15)20-21-18(22)25-14(3)17(23)19-9-11-24-4/h6-8,12,14H,5,9-11H2,1-4H3,(H,19,23)/t14-/m1/s1. The van der Waals surface area contributed by atoms with Crippen molar-refractivity contribution >= 4 is 17.7 Å².